The minimum atomic E-state index is -0.707. The molecule has 3 aliphatic rings. The predicted octanol–water partition coefficient (Wildman–Crippen LogP) is 4.53. The molecule has 6 atom stereocenters. The van der Waals surface area contributed by atoms with Gasteiger partial charge in [-0.3, -0.25) is 14.4 Å². The second kappa shape index (κ2) is 12.8. The zero-order valence-corrected chi connectivity index (χ0v) is 26.6. The summed E-state index contributed by atoms with van der Waals surface area (Å²) in [4.78, 5) is 48.8. The van der Waals surface area contributed by atoms with Crippen LogP contribution >= 0.6 is 11.8 Å². The van der Waals surface area contributed by atoms with Gasteiger partial charge in [-0.15, -0.1) is 24.9 Å². The van der Waals surface area contributed by atoms with Crippen molar-refractivity contribution in [1.82, 2.24) is 9.80 Å². The molecule has 42 heavy (non-hydrogen) atoms. The van der Waals surface area contributed by atoms with Crippen molar-refractivity contribution in [1.29, 1.82) is 0 Å². The molecule has 0 aromatic heterocycles. The van der Waals surface area contributed by atoms with Crippen molar-refractivity contribution in [3.63, 3.8) is 0 Å². The molecule has 3 heterocycles. The standard InChI is InChI=1S/C33H47N3O5S/c1-8-17-34(23-13-15-24(16-14-23)41-10-3)29(38)26-25-21-22(4)33(42-25)27(26)30(39)35(19-11-12-20-37)28(33)31(40)36(18-9-2)32(5,6)7/h8-9,13-16,22,25-28,37H,1-2,10-12,17-21H2,3-7H3/t22?,25-,26+,27+,28?,33?/m1/s1. The summed E-state index contributed by atoms with van der Waals surface area (Å²) in [6.45, 7) is 19.4. The van der Waals surface area contributed by atoms with E-state index in [9.17, 15) is 19.5 Å². The second-order valence-electron chi connectivity index (χ2n) is 12.6. The molecule has 3 unspecified atom stereocenters. The van der Waals surface area contributed by atoms with Crippen LogP contribution in [0.2, 0.25) is 0 Å². The summed E-state index contributed by atoms with van der Waals surface area (Å²) >= 11 is 1.68. The van der Waals surface area contributed by atoms with Gasteiger partial charge in [0.1, 0.15) is 11.8 Å². The van der Waals surface area contributed by atoms with Crippen LogP contribution in [0, 0.1) is 17.8 Å². The van der Waals surface area contributed by atoms with Gasteiger partial charge in [0.15, 0.2) is 0 Å². The minimum absolute atomic E-state index is 0.0206. The third kappa shape index (κ3) is 5.50. The van der Waals surface area contributed by atoms with Crippen molar-refractivity contribution in [2.45, 2.75) is 75.5 Å². The van der Waals surface area contributed by atoms with Gasteiger partial charge in [-0.25, -0.2) is 0 Å². The Balaban J connectivity index is 1.76. The lowest BCUT2D eigenvalue weighted by molar-refractivity contribution is -0.145. The monoisotopic (exact) mass is 597 g/mol. The number of nitrogens with zero attached hydrogens (tertiary/aromatic N) is 3. The minimum Gasteiger partial charge on any atom is -0.494 e. The molecule has 8 nitrogen and oxygen atoms in total. The lowest BCUT2D eigenvalue weighted by atomic mass is 9.65. The van der Waals surface area contributed by atoms with Crippen molar-refractivity contribution >= 4 is 35.2 Å². The van der Waals surface area contributed by atoms with E-state index in [4.69, 9.17) is 4.74 Å². The topological polar surface area (TPSA) is 90.4 Å². The fraction of sp³-hybridized carbons (Fsp3) is 0.606. The van der Waals surface area contributed by atoms with E-state index in [0.717, 1.165) is 17.9 Å². The highest BCUT2D eigenvalue weighted by Crippen LogP contribution is 2.69. The summed E-state index contributed by atoms with van der Waals surface area (Å²) in [5.41, 5.74) is 0.245. The smallest absolute Gasteiger partial charge is 0.247 e. The number of benzene rings is 1. The van der Waals surface area contributed by atoms with E-state index in [1.807, 2.05) is 56.9 Å². The van der Waals surface area contributed by atoms with Crippen molar-refractivity contribution in [2.75, 3.05) is 37.7 Å². The lowest BCUT2D eigenvalue weighted by Gasteiger charge is -2.44. The molecule has 0 aliphatic carbocycles. The third-order valence-corrected chi connectivity index (χ3v) is 11.1. The van der Waals surface area contributed by atoms with Crippen LogP contribution in [0.3, 0.4) is 0 Å². The Morgan fingerprint density at radius 3 is 2.38 bits per heavy atom. The molecule has 0 saturated carbocycles. The first-order valence-corrected chi connectivity index (χ1v) is 16.0. The fourth-order valence-corrected chi connectivity index (χ4v) is 9.62. The number of unbranched alkanes of at least 4 members (excludes halogenated alkanes) is 1. The predicted molar refractivity (Wildman–Crippen MR) is 169 cm³/mol. The van der Waals surface area contributed by atoms with E-state index in [1.165, 1.54) is 0 Å². The van der Waals surface area contributed by atoms with Gasteiger partial charge in [-0.1, -0.05) is 19.1 Å². The number of ether oxygens (including phenoxy) is 1. The number of carbonyl (C=O) groups is 3. The average Bonchev–Trinajstić information content (AvgIpc) is 3.53. The van der Waals surface area contributed by atoms with E-state index in [2.05, 4.69) is 20.1 Å². The summed E-state index contributed by atoms with van der Waals surface area (Å²) < 4.78 is 4.89. The molecule has 1 aromatic carbocycles. The quantitative estimate of drug-likeness (QED) is 0.266. The highest BCUT2D eigenvalue weighted by atomic mass is 32.2. The molecule has 1 spiro atoms. The van der Waals surface area contributed by atoms with Gasteiger partial charge in [0, 0.05) is 42.7 Å². The number of aliphatic hydroxyl groups is 1. The van der Waals surface area contributed by atoms with Crippen LogP contribution < -0.4 is 9.64 Å². The van der Waals surface area contributed by atoms with Crippen LogP contribution in [0.5, 0.6) is 5.75 Å². The molecule has 0 radical (unpaired) electrons. The molecule has 1 aromatic rings. The zero-order chi connectivity index (χ0) is 30.8. The largest absolute Gasteiger partial charge is 0.494 e. The maximum atomic E-state index is 14.6. The SMILES string of the molecule is C=CCN(C(=O)[C@@H]1[C@H]2C(=O)N(CCCCO)C(C(=O)N(CC=C)C(C)(C)C)C23S[C@@H]1CC3C)c1ccc(OCC)cc1. The molecule has 230 valence electrons. The molecule has 3 fully saturated rings. The van der Waals surface area contributed by atoms with Gasteiger partial charge in [0.2, 0.25) is 17.7 Å². The normalized spacial score (nSPS) is 28.0. The van der Waals surface area contributed by atoms with Crippen molar-refractivity contribution in [2.24, 2.45) is 17.8 Å². The van der Waals surface area contributed by atoms with Gasteiger partial charge in [-0.2, -0.15) is 0 Å². The first-order chi connectivity index (χ1) is 20.0. The van der Waals surface area contributed by atoms with E-state index in [1.54, 1.807) is 33.7 Å². The molecular formula is C33H47N3O5S. The molecule has 4 rings (SSSR count). The van der Waals surface area contributed by atoms with Crippen LogP contribution in [0.1, 0.15) is 53.9 Å². The Kier molecular flexibility index (Phi) is 9.82. The van der Waals surface area contributed by atoms with Crippen molar-refractivity contribution < 1.29 is 24.2 Å². The second-order valence-corrected chi connectivity index (χ2v) is 14.1. The Bertz CT molecular complexity index is 1180. The Hall–Kier alpha value is -2.78. The summed E-state index contributed by atoms with van der Waals surface area (Å²) in [7, 11) is 0. The summed E-state index contributed by atoms with van der Waals surface area (Å²) in [6, 6.07) is 6.74. The van der Waals surface area contributed by atoms with Gasteiger partial charge >= 0.3 is 0 Å². The maximum Gasteiger partial charge on any atom is 0.247 e. The number of amides is 3. The molecular weight excluding hydrogens is 550 g/mol. The van der Waals surface area contributed by atoms with E-state index < -0.39 is 28.2 Å². The number of anilines is 1. The number of fused-ring (bicyclic) bond motifs is 1. The first kappa shape index (κ1) is 32.1. The number of likely N-dealkylation sites (tertiary alicyclic amines) is 1. The number of carbonyl (C=O) groups excluding carboxylic acids is 3. The number of thioether (sulfide) groups is 1. The Morgan fingerprint density at radius 1 is 1.14 bits per heavy atom. The lowest BCUT2D eigenvalue weighted by Crippen LogP contribution is -2.60. The molecule has 3 aliphatic heterocycles. The van der Waals surface area contributed by atoms with Crippen LogP contribution in [-0.2, 0) is 14.4 Å². The first-order valence-electron chi connectivity index (χ1n) is 15.1. The summed E-state index contributed by atoms with van der Waals surface area (Å²) in [6.07, 6.45) is 5.32. The van der Waals surface area contributed by atoms with Crippen LogP contribution in [0.25, 0.3) is 0 Å². The number of hydrogen-bond acceptors (Lipinski definition) is 6. The molecule has 9 heteroatoms. The summed E-state index contributed by atoms with van der Waals surface area (Å²) in [5, 5.41) is 9.41. The number of hydrogen-bond donors (Lipinski definition) is 1. The van der Waals surface area contributed by atoms with Gasteiger partial charge < -0.3 is 24.5 Å². The van der Waals surface area contributed by atoms with E-state index >= 15 is 0 Å². The van der Waals surface area contributed by atoms with Gasteiger partial charge in [0.05, 0.1) is 23.2 Å². The maximum absolute atomic E-state index is 14.6. The Morgan fingerprint density at radius 2 is 1.81 bits per heavy atom. The van der Waals surface area contributed by atoms with Gasteiger partial charge in [0.25, 0.3) is 0 Å². The number of aliphatic hydroxyl groups excluding tert-OH is 1. The molecule has 3 saturated heterocycles. The molecule has 1 N–H and O–H groups in total. The van der Waals surface area contributed by atoms with Crippen LogP contribution in [-0.4, -0.2) is 87.1 Å². The molecule has 2 bridgehead atoms. The zero-order valence-electron chi connectivity index (χ0n) is 25.8. The average molecular weight is 598 g/mol. The van der Waals surface area contributed by atoms with E-state index in [-0.39, 0.29) is 35.5 Å². The van der Waals surface area contributed by atoms with Gasteiger partial charge in [-0.05, 0) is 77.1 Å². The summed E-state index contributed by atoms with van der Waals surface area (Å²) in [5.74, 6) is -0.673. The van der Waals surface area contributed by atoms with Crippen LogP contribution in [0.15, 0.2) is 49.6 Å². The third-order valence-electron chi connectivity index (χ3n) is 9.00. The molecule has 3 amide bonds. The Labute approximate surface area is 255 Å². The fourth-order valence-electron chi connectivity index (χ4n) is 7.21. The van der Waals surface area contributed by atoms with Crippen molar-refractivity contribution in [3.05, 3.63) is 49.6 Å². The van der Waals surface area contributed by atoms with Crippen molar-refractivity contribution in [3.8, 4) is 5.75 Å². The highest BCUT2D eigenvalue weighted by Gasteiger charge is 2.76. The van der Waals surface area contributed by atoms with E-state index in [0.29, 0.717) is 39.1 Å². The van der Waals surface area contributed by atoms with Crippen LogP contribution in [0.4, 0.5) is 5.69 Å². The highest BCUT2D eigenvalue weighted by molar-refractivity contribution is 8.02. The number of rotatable bonds is 13.